The van der Waals surface area contributed by atoms with Gasteiger partial charge in [0.1, 0.15) is 12.7 Å². The van der Waals surface area contributed by atoms with Crippen LogP contribution in [-0.2, 0) is 9.47 Å². The number of aromatic nitrogens is 3. The molecule has 1 aromatic heterocycles. The van der Waals surface area contributed by atoms with Crippen molar-refractivity contribution in [2.24, 2.45) is 0 Å². The number of hydrogen-bond donors (Lipinski definition) is 0. The van der Waals surface area contributed by atoms with E-state index in [1.807, 2.05) is 11.0 Å². The van der Waals surface area contributed by atoms with Crippen molar-refractivity contribution >= 4 is 0 Å². The minimum Gasteiger partial charge on any atom is -0.347 e. The van der Waals surface area contributed by atoms with Crippen LogP contribution in [0.2, 0.25) is 0 Å². The number of rotatable bonds is 3. The Hall–Kier alpha value is -0.980. The molecule has 0 amide bonds. The Bertz CT molecular complexity index is 458. The third-order valence-electron chi connectivity index (χ3n) is 5.05. The highest BCUT2D eigenvalue weighted by molar-refractivity contribution is 4.86. The van der Waals surface area contributed by atoms with Crippen LogP contribution in [0.5, 0.6) is 0 Å². The number of nitrogens with zero attached hydrogens (tertiary/aromatic N) is 4. The fraction of sp³-hybridized carbons (Fsp3) is 0.867. The lowest BCUT2D eigenvalue weighted by molar-refractivity contribution is -0.188. The van der Waals surface area contributed by atoms with Gasteiger partial charge in [-0.05, 0) is 19.3 Å². The van der Waals surface area contributed by atoms with Gasteiger partial charge in [0.25, 0.3) is 0 Å². The normalized spacial score (nSPS) is 33.0. The van der Waals surface area contributed by atoms with Gasteiger partial charge in [-0.1, -0.05) is 6.42 Å². The third kappa shape index (κ3) is 2.84. The van der Waals surface area contributed by atoms with E-state index < -0.39 is 0 Å². The van der Waals surface area contributed by atoms with Crippen molar-refractivity contribution in [1.29, 1.82) is 0 Å². The molecular weight excluding hydrogens is 268 g/mol. The van der Waals surface area contributed by atoms with Gasteiger partial charge in [-0.3, -0.25) is 4.90 Å². The Labute approximate surface area is 125 Å². The van der Waals surface area contributed by atoms with E-state index in [0.29, 0.717) is 6.04 Å². The fourth-order valence-corrected chi connectivity index (χ4v) is 3.95. The van der Waals surface area contributed by atoms with E-state index in [1.54, 1.807) is 6.33 Å². The van der Waals surface area contributed by atoms with Crippen molar-refractivity contribution in [3.8, 4) is 0 Å². The minimum atomic E-state index is -0.242. The second-order valence-corrected chi connectivity index (χ2v) is 6.60. The van der Waals surface area contributed by atoms with Crippen LogP contribution in [0.25, 0.3) is 0 Å². The molecule has 116 valence electrons. The van der Waals surface area contributed by atoms with Gasteiger partial charge in [0, 0.05) is 32.5 Å². The molecule has 1 aromatic rings. The summed E-state index contributed by atoms with van der Waals surface area (Å²) in [6.07, 6.45) is 10.8. The molecule has 0 N–H and O–H groups in total. The molecule has 3 fully saturated rings. The van der Waals surface area contributed by atoms with Crippen LogP contribution in [0.1, 0.15) is 44.6 Å². The van der Waals surface area contributed by atoms with E-state index in [1.165, 1.54) is 19.3 Å². The maximum absolute atomic E-state index is 6.28. The summed E-state index contributed by atoms with van der Waals surface area (Å²) in [5, 5.41) is 4.26. The highest BCUT2D eigenvalue weighted by atomic mass is 16.7. The molecule has 3 heterocycles. The molecule has 0 radical (unpaired) electrons. The number of ether oxygens (including phenoxy) is 2. The van der Waals surface area contributed by atoms with E-state index in [9.17, 15) is 0 Å². The monoisotopic (exact) mass is 292 g/mol. The summed E-state index contributed by atoms with van der Waals surface area (Å²) in [5.74, 6) is -0.242. The molecule has 4 rings (SSSR count). The second-order valence-electron chi connectivity index (χ2n) is 6.60. The molecule has 1 saturated carbocycles. The molecule has 2 aliphatic heterocycles. The zero-order chi connectivity index (χ0) is 14.1. The lowest BCUT2D eigenvalue weighted by Gasteiger charge is -2.32. The first kappa shape index (κ1) is 13.7. The van der Waals surface area contributed by atoms with Gasteiger partial charge < -0.3 is 9.47 Å². The minimum absolute atomic E-state index is 0.234. The molecular formula is C15H24N4O2. The summed E-state index contributed by atoms with van der Waals surface area (Å²) < 4.78 is 14.3. The largest absolute Gasteiger partial charge is 0.347 e. The maximum atomic E-state index is 6.28. The standard InChI is InChI=1S/C15H24N4O2/c1-2-5-15(6-3-1)20-10-14(21-15)9-18-7-4-13(8-18)19-12-16-11-17-19/h11-14H,1-10H2. The van der Waals surface area contributed by atoms with Crippen LogP contribution in [0, 0.1) is 0 Å². The lowest BCUT2D eigenvalue weighted by atomic mass is 9.94. The van der Waals surface area contributed by atoms with Gasteiger partial charge in [-0.25, -0.2) is 9.67 Å². The van der Waals surface area contributed by atoms with Crippen molar-refractivity contribution in [1.82, 2.24) is 19.7 Å². The van der Waals surface area contributed by atoms with Crippen molar-refractivity contribution in [3.63, 3.8) is 0 Å². The smallest absolute Gasteiger partial charge is 0.168 e. The van der Waals surface area contributed by atoms with Crippen LogP contribution >= 0.6 is 0 Å². The molecule has 3 aliphatic rings. The van der Waals surface area contributed by atoms with Crippen LogP contribution in [-0.4, -0.2) is 57.8 Å². The summed E-state index contributed by atoms with van der Waals surface area (Å²) in [5.41, 5.74) is 0. The van der Waals surface area contributed by atoms with E-state index in [2.05, 4.69) is 15.0 Å². The molecule has 1 aliphatic carbocycles. The summed E-state index contributed by atoms with van der Waals surface area (Å²) in [6, 6.07) is 0.457. The molecule has 2 unspecified atom stereocenters. The Morgan fingerprint density at radius 3 is 2.95 bits per heavy atom. The molecule has 2 saturated heterocycles. The number of likely N-dealkylation sites (tertiary alicyclic amines) is 1. The maximum Gasteiger partial charge on any atom is 0.168 e. The van der Waals surface area contributed by atoms with Gasteiger partial charge in [-0.15, -0.1) is 0 Å². The first-order valence-corrected chi connectivity index (χ1v) is 8.21. The van der Waals surface area contributed by atoms with E-state index in [4.69, 9.17) is 9.47 Å². The first-order chi connectivity index (χ1) is 10.3. The lowest BCUT2D eigenvalue weighted by Crippen LogP contribution is -2.36. The Kier molecular flexibility index (Phi) is 3.69. The Morgan fingerprint density at radius 2 is 2.14 bits per heavy atom. The Morgan fingerprint density at radius 1 is 1.24 bits per heavy atom. The van der Waals surface area contributed by atoms with Crippen molar-refractivity contribution in [3.05, 3.63) is 12.7 Å². The van der Waals surface area contributed by atoms with Crippen LogP contribution < -0.4 is 0 Å². The number of hydrogen-bond acceptors (Lipinski definition) is 5. The summed E-state index contributed by atoms with van der Waals surface area (Å²) >= 11 is 0. The van der Waals surface area contributed by atoms with E-state index in [0.717, 1.165) is 45.5 Å². The highest BCUT2D eigenvalue weighted by Crippen LogP contribution is 2.38. The average molecular weight is 292 g/mol. The molecule has 2 atom stereocenters. The van der Waals surface area contributed by atoms with Crippen LogP contribution in [0.3, 0.4) is 0 Å². The molecule has 21 heavy (non-hydrogen) atoms. The SMILES string of the molecule is c1ncn(C2CCN(CC3COC4(CCCCC4)O3)C2)n1. The molecule has 6 nitrogen and oxygen atoms in total. The predicted octanol–water partition coefficient (Wildman–Crippen LogP) is 1.60. The first-order valence-electron chi connectivity index (χ1n) is 8.21. The van der Waals surface area contributed by atoms with Gasteiger partial charge in [-0.2, -0.15) is 5.10 Å². The predicted molar refractivity (Wildman–Crippen MR) is 76.8 cm³/mol. The third-order valence-corrected chi connectivity index (χ3v) is 5.05. The van der Waals surface area contributed by atoms with Gasteiger partial charge in [0.05, 0.1) is 18.8 Å². The Balaban J connectivity index is 1.29. The molecule has 0 bridgehead atoms. The van der Waals surface area contributed by atoms with Gasteiger partial charge in [0.2, 0.25) is 0 Å². The second kappa shape index (κ2) is 5.66. The van der Waals surface area contributed by atoms with Crippen molar-refractivity contribution < 1.29 is 9.47 Å². The topological polar surface area (TPSA) is 52.4 Å². The average Bonchev–Trinajstić information content (AvgIpc) is 3.22. The molecule has 0 aromatic carbocycles. The molecule has 6 heteroatoms. The quantitative estimate of drug-likeness (QED) is 0.847. The summed E-state index contributed by atoms with van der Waals surface area (Å²) in [4.78, 5) is 6.52. The van der Waals surface area contributed by atoms with Gasteiger partial charge >= 0.3 is 0 Å². The van der Waals surface area contributed by atoms with Crippen LogP contribution in [0.15, 0.2) is 12.7 Å². The van der Waals surface area contributed by atoms with Crippen molar-refractivity contribution in [2.45, 2.75) is 56.5 Å². The van der Waals surface area contributed by atoms with Crippen LogP contribution in [0.4, 0.5) is 0 Å². The van der Waals surface area contributed by atoms with E-state index in [-0.39, 0.29) is 11.9 Å². The van der Waals surface area contributed by atoms with Crippen molar-refractivity contribution in [2.75, 3.05) is 26.2 Å². The fourth-order valence-electron chi connectivity index (χ4n) is 3.95. The summed E-state index contributed by atoms with van der Waals surface area (Å²) in [7, 11) is 0. The molecule has 1 spiro atoms. The van der Waals surface area contributed by atoms with Gasteiger partial charge in [0.15, 0.2) is 5.79 Å². The highest BCUT2D eigenvalue weighted by Gasteiger charge is 2.43. The summed E-state index contributed by atoms with van der Waals surface area (Å²) in [6.45, 7) is 3.88. The zero-order valence-corrected chi connectivity index (χ0v) is 12.5. The zero-order valence-electron chi connectivity index (χ0n) is 12.5. The van der Waals surface area contributed by atoms with E-state index >= 15 is 0 Å².